The second-order valence-electron chi connectivity index (χ2n) is 9.16. The summed E-state index contributed by atoms with van der Waals surface area (Å²) in [5, 5.41) is 14.5. The number of aromatic nitrogens is 6. The van der Waals surface area contributed by atoms with Gasteiger partial charge in [0.05, 0.1) is 40.0 Å². The minimum absolute atomic E-state index is 0.0297. The number of aromatic amines is 2. The molecule has 5 heterocycles. The zero-order valence-electron chi connectivity index (χ0n) is 19.5. The number of carbonyl (C=O) groups is 1. The summed E-state index contributed by atoms with van der Waals surface area (Å²) in [5.74, 6) is -0.0750. The molecule has 0 unspecified atom stereocenters. The Bertz CT molecular complexity index is 1790. The number of benzene rings is 1. The van der Waals surface area contributed by atoms with E-state index in [1.165, 1.54) is 6.20 Å². The molecule has 1 aromatic carbocycles. The summed E-state index contributed by atoms with van der Waals surface area (Å²) in [6.07, 6.45) is 7.49. The highest BCUT2D eigenvalue weighted by Gasteiger charge is 2.26. The van der Waals surface area contributed by atoms with E-state index >= 15 is 4.39 Å². The minimum Gasteiger partial charge on any atom is -0.337 e. The monoisotopic (exact) mass is 509 g/mol. The first-order valence-electron chi connectivity index (χ1n) is 12.0. The first-order chi connectivity index (χ1) is 18.2. The Balaban J connectivity index is 1.30. The molecule has 1 aliphatic rings. The molecule has 6 aromatic rings. The lowest BCUT2D eigenvalue weighted by Gasteiger charge is -2.24. The smallest absolute Gasteiger partial charge is 0.227 e. The highest BCUT2D eigenvalue weighted by Crippen LogP contribution is 2.35. The number of thiophene rings is 1. The summed E-state index contributed by atoms with van der Waals surface area (Å²) in [4.78, 5) is 29.0. The molecule has 0 bridgehead atoms. The molecule has 0 radical (unpaired) electrons. The summed E-state index contributed by atoms with van der Waals surface area (Å²) < 4.78 is 16.0. The molecule has 0 saturated heterocycles. The fourth-order valence-electron chi connectivity index (χ4n) is 4.70. The highest BCUT2D eigenvalue weighted by atomic mass is 32.1. The van der Waals surface area contributed by atoms with Crippen LogP contribution in [0, 0.1) is 11.7 Å². The van der Waals surface area contributed by atoms with Crippen LogP contribution in [0.1, 0.15) is 19.3 Å². The van der Waals surface area contributed by atoms with Crippen LogP contribution in [0.2, 0.25) is 0 Å². The van der Waals surface area contributed by atoms with E-state index < -0.39 is 5.82 Å². The number of pyridine rings is 2. The van der Waals surface area contributed by atoms with Crippen molar-refractivity contribution in [3.63, 3.8) is 0 Å². The predicted octanol–water partition coefficient (Wildman–Crippen LogP) is 6.17. The summed E-state index contributed by atoms with van der Waals surface area (Å²) in [6.45, 7) is 0. The van der Waals surface area contributed by atoms with Gasteiger partial charge in [-0.15, -0.1) is 0 Å². The molecule has 10 heteroatoms. The standard InChI is InChI=1S/C27H20FN7OS/c28-22-21-20(12-30-23(22)16-9-17(11-29-10-16)31-27(36)14-3-1-4-14)34-35-25(21)26-32-19-6-2-5-18(24(19)33-26)15-7-8-37-13-15/h2,5-14H,1,3-4H2,(H,31,36)(H,32,33)(H,34,35). The largest absolute Gasteiger partial charge is 0.337 e. The molecule has 0 aliphatic heterocycles. The number of nitrogens with zero attached hydrogens (tertiary/aromatic N) is 4. The fourth-order valence-corrected chi connectivity index (χ4v) is 5.35. The van der Waals surface area contributed by atoms with Crippen molar-refractivity contribution in [2.24, 2.45) is 5.92 Å². The lowest BCUT2D eigenvalue weighted by Crippen LogP contribution is -2.28. The molecule has 37 heavy (non-hydrogen) atoms. The van der Waals surface area contributed by atoms with E-state index in [1.54, 1.807) is 29.8 Å². The molecule has 1 saturated carbocycles. The molecule has 1 amide bonds. The fraction of sp³-hybridized carbons (Fsp3) is 0.148. The van der Waals surface area contributed by atoms with Crippen LogP contribution in [0.5, 0.6) is 0 Å². The van der Waals surface area contributed by atoms with Crippen molar-refractivity contribution >= 4 is 44.9 Å². The van der Waals surface area contributed by atoms with Gasteiger partial charge in [-0.1, -0.05) is 18.6 Å². The molecule has 3 N–H and O–H groups in total. The number of imidazole rings is 1. The van der Waals surface area contributed by atoms with Gasteiger partial charge >= 0.3 is 0 Å². The number of anilines is 1. The van der Waals surface area contributed by atoms with E-state index in [0.29, 0.717) is 28.3 Å². The van der Waals surface area contributed by atoms with Crippen molar-refractivity contribution < 1.29 is 9.18 Å². The maximum atomic E-state index is 16.0. The summed E-state index contributed by atoms with van der Waals surface area (Å²) >= 11 is 1.62. The van der Waals surface area contributed by atoms with Crippen LogP contribution < -0.4 is 5.32 Å². The van der Waals surface area contributed by atoms with Crippen LogP contribution >= 0.6 is 11.3 Å². The normalized spacial score (nSPS) is 13.8. The maximum absolute atomic E-state index is 16.0. The Morgan fingerprint density at radius 2 is 2.00 bits per heavy atom. The number of hydrogen-bond donors (Lipinski definition) is 3. The molecular formula is C27H20FN7OS. The summed E-state index contributed by atoms with van der Waals surface area (Å²) in [6, 6.07) is 9.66. The van der Waals surface area contributed by atoms with Gasteiger partial charge in [0.25, 0.3) is 0 Å². The number of para-hydroxylation sites is 1. The predicted molar refractivity (Wildman–Crippen MR) is 141 cm³/mol. The third-order valence-electron chi connectivity index (χ3n) is 6.87. The van der Waals surface area contributed by atoms with E-state index in [9.17, 15) is 4.79 Å². The second-order valence-corrected chi connectivity index (χ2v) is 9.94. The van der Waals surface area contributed by atoms with Crippen molar-refractivity contribution in [3.05, 3.63) is 65.5 Å². The zero-order valence-corrected chi connectivity index (χ0v) is 20.3. The van der Waals surface area contributed by atoms with Gasteiger partial charge in [-0.25, -0.2) is 9.37 Å². The third-order valence-corrected chi connectivity index (χ3v) is 7.55. The van der Waals surface area contributed by atoms with Crippen LogP contribution in [0.15, 0.2) is 59.7 Å². The van der Waals surface area contributed by atoms with Crippen molar-refractivity contribution in [2.75, 3.05) is 5.32 Å². The molecule has 8 nitrogen and oxygen atoms in total. The number of nitrogens with one attached hydrogen (secondary N) is 3. The average Bonchev–Trinajstić information content (AvgIpc) is 3.62. The third kappa shape index (κ3) is 3.68. The van der Waals surface area contributed by atoms with Gasteiger partial charge in [-0.2, -0.15) is 16.4 Å². The Morgan fingerprint density at radius 1 is 1.08 bits per heavy atom. The lowest BCUT2D eigenvalue weighted by atomic mass is 9.85. The first-order valence-corrected chi connectivity index (χ1v) is 12.9. The van der Waals surface area contributed by atoms with Gasteiger partial charge in [0.15, 0.2) is 11.6 Å². The molecular weight excluding hydrogens is 489 g/mol. The molecule has 0 atom stereocenters. The number of amides is 1. The van der Waals surface area contributed by atoms with Gasteiger partial charge in [-0.05, 0) is 47.4 Å². The van der Waals surface area contributed by atoms with Crippen LogP contribution in [0.25, 0.3) is 55.8 Å². The van der Waals surface area contributed by atoms with Gasteiger partial charge in [0.2, 0.25) is 5.91 Å². The van der Waals surface area contributed by atoms with Crippen LogP contribution in [0.3, 0.4) is 0 Å². The molecule has 0 spiro atoms. The number of H-pyrrole nitrogens is 2. The minimum atomic E-state index is -0.538. The molecule has 7 rings (SSSR count). The lowest BCUT2D eigenvalue weighted by molar-refractivity contribution is -0.122. The summed E-state index contributed by atoms with van der Waals surface area (Å²) in [7, 11) is 0. The van der Waals surface area contributed by atoms with Crippen LogP contribution in [-0.4, -0.2) is 36.0 Å². The number of hydrogen-bond acceptors (Lipinski definition) is 6. The SMILES string of the molecule is O=C(Nc1cncc(-c2ncc3[nH]nc(-c4nc5c(-c6ccsc6)cccc5[nH]4)c3c2F)c1)C1CCC1. The maximum Gasteiger partial charge on any atom is 0.227 e. The Morgan fingerprint density at radius 3 is 2.81 bits per heavy atom. The topological polar surface area (TPSA) is 112 Å². The second kappa shape index (κ2) is 8.59. The van der Waals surface area contributed by atoms with Gasteiger partial charge in [0.1, 0.15) is 11.4 Å². The Kier molecular flexibility index (Phi) is 5.07. The van der Waals surface area contributed by atoms with Gasteiger partial charge < -0.3 is 10.3 Å². The van der Waals surface area contributed by atoms with E-state index in [1.807, 2.05) is 29.6 Å². The number of halogens is 1. The van der Waals surface area contributed by atoms with Gasteiger partial charge in [0, 0.05) is 23.2 Å². The van der Waals surface area contributed by atoms with Crippen molar-refractivity contribution in [1.82, 2.24) is 30.1 Å². The van der Waals surface area contributed by atoms with E-state index in [-0.39, 0.29) is 22.9 Å². The van der Waals surface area contributed by atoms with Crippen molar-refractivity contribution in [3.8, 4) is 33.9 Å². The van der Waals surface area contributed by atoms with Crippen LogP contribution in [0.4, 0.5) is 10.1 Å². The van der Waals surface area contributed by atoms with Crippen LogP contribution in [-0.2, 0) is 4.79 Å². The van der Waals surface area contributed by atoms with Crippen molar-refractivity contribution in [1.29, 1.82) is 0 Å². The average molecular weight is 510 g/mol. The van der Waals surface area contributed by atoms with Crippen molar-refractivity contribution in [2.45, 2.75) is 19.3 Å². The summed E-state index contributed by atoms with van der Waals surface area (Å²) in [5.41, 5.74) is 5.62. The molecule has 5 aromatic heterocycles. The molecule has 1 aliphatic carbocycles. The Labute approximate surface area is 214 Å². The molecule has 1 fully saturated rings. The zero-order chi connectivity index (χ0) is 24.9. The quantitative estimate of drug-likeness (QED) is 0.257. The molecule has 182 valence electrons. The van der Waals surface area contributed by atoms with Gasteiger partial charge in [-0.3, -0.25) is 19.9 Å². The number of carbonyl (C=O) groups excluding carboxylic acids is 1. The highest BCUT2D eigenvalue weighted by molar-refractivity contribution is 7.08. The van der Waals surface area contributed by atoms with E-state index in [2.05, 4.69) is 35.8 Å². The first kappa shape index (κ1) is 21.8. The number of fused-ring (bicyclic) bond motifs is 2. The number of rotatable bonds is 5. The Hall–Kier alpha value is -4.44. The van der Waals surface area contributed by atoms with E-state index in [4.69, 9.17) is 4.98 Å². The van der Waals surface area contributed by atoms with E-state index in [0.717, 1.165) is 41.4 Å².